The number of rotatable bonds is 2. The fourth-order valence-electron chi connectivity index (χ4n) is 1.05. The molecule has 1 atom stereocenters. The van der Waals surface area contributed by atoms with Crippen LogP contribution in [0.5, 0.6) is 0 Å². The Balaban J connectivity index is 2.08. The fourth-order valence-corrected chi connectivity index (χ4v) is 1.05. The maximum atomic E-state index is 11.7. The van der Waals surface area contributed by atoms with Gasteiger partial charge in [0.1, 0.15) is 0 Å². The summed E-state index contributed by atoms with van der Waals surface area (Å²) in [5, 5.41) is 6.41. The van der Waals surface area contributed by atoms with E-state index in [4.69, 9.17) is 0 Å². The van der Waals surface area contributed by atoms with Crippen LogP contribution in [0.4, 0.5) is 4.39 Å². The van der Waals surface area contributed by atoms with Crippen LogP contribution >= 0.6 is 0 Å². The lowest BCUT2D eigenvalue weighted by Gasteiger charge is -2.23. The maximum Gasteiger partial charge on any atom is 0.0909 e. The summed E-state index contributed by atoms with van der Waals surface area (Å²) in [5.74, 6) is 0. The first kappa shape index (κ1) is 6.96. The summed E-state index contributed by atoms with van der Waals surface area (Å²) in [7, 11) is 0. The Morgan fingerprint density at radius 1 is 1.44 bits per heavy atom. The minimum Gasteiger partial charge on any atom is -0.314 e. The van der Waals surface area contributed by atoms with E-state index in [-0.39, 0.29) is 6.67 Å². The quantitative estimate of drug-likeness (QED) is 0.548. The molecule has 0 aromatic heterocycles. The van der Waals surface area contributed by atoms with Gasteiger partial charge in [-0.2, -0.15) is 0 Å². The molecule has 1 aliphatic heterocycles. The first-order valence-corrected chi connectivity index (χ1v) is 3.43. The third-order valence-corrected chi connectivity index (χ3v) is 1.58. The lowest BCUT2D eigenvalue weighted by molar-refractivity contribution is 0.354. The van der Waals surface area contributed by atoms with E-state index in [0.717, 1.165) is 19.6 Å². The molecule has 2 N–H and O–H groups in total. The molecule has 0 aromatic rings. The van der Waals surface area contributed by atoms with Crippen LogP contribution in [0.3, 0.4) is 0 Å². The smallest absolute Gasteiger partial charge is 0.0909 e. The van der Waals surface area contributed by atoms with Crippen LogP contribution < -0.4 is 10.6 Å². The Morgan fingerprint density at radius 2 is 2.33 bits per heavy atom. The normalized spacial score (nSPS) is 28.3. The van der Waals surface area contributed by atoms with Gasteiger partial charge in [-0.3, -0.25) is 4.39 Å². The molecule has 0 spiro atoms. The summed E-state index contributed by atoms with van der Waals surface area (Å²) >= 11 is 0. The lowest BCUT2D eigenvalue weighted by atomic mass is 10.2. The molecule has 0 aliphatic carbocycles. The van der Waals surface area contributed by atoms with Gasteiger partial charge in [-0.25, -0.2) is 0 Å². The molecule has 3 heteroatoms. The van der Waals surface area contributed by atoms with Gasteiger partial charge in [0.15, 0.2) is 0 Å². The highest BCUT2D eigenvalue weighted by Crippen LogP contribution is 1.93. The minimum absolute atomic E-state index is 0.209. The molecule has 2 nitrogen and oxygen atoms in total. The van der Waals surface area contributed by atoms with Crippen LogP contribution in [0, 0.1) is 0 Å². The molecular weight excluding hydrogens is 119 g/mol. The zero-order valence-corrected chi connectivity index (χ0v) is 5.49. The van der Waals surface area contributed by atoms with E-state index < -0.39 is 0 Å². The monoisotopic (exact) mass is 132 g/mol. The summed E-state index contributed by atoms with van der Waals surface area (Å²) in [4.78, 5) is 0. The van der Waals surface area contributed by atoms with Crippen LogP contribution in [-0.4, -0.2) is 32.4 Å². The van der Waals surface area contributed by atoms with Crippen molar-refractivity contribution in [3.63, 3.8) is 0 Å². The van der Waals surface area contributed by atoms with Crippen molar-refractivity contribution >= 4 is 0 Å². The van der Waals surface area contributed by atoms with E-state index in [1.165, 1.54) is 0 Å². The zero-order valence-electron chi connectivity index (χ0n) is 5.49. The summed E-state index contributed by atoms with van der Waals surface area (Å²) < 4.78 is 11.7. The SMILES string of the molecule is FCCC1CNCCN1. The molecule has 0 radical (unpaired) electrons. The van der Waals surface area contributed by atoms with E-state index in [1.54, 1.807) is 0 Å². The molecule has 1 heterocycles. The van der Waals surface area contributed by atoms with Crippen LogP contribution in [-0.2, 0) is 0 Å². The lowest BCUT2D eigenvalue weighted by Crippen LogP contribution is -2.48. The zero-order chi connectivity index (χ0) is 6.53. The third-order valence-electron chi connectivity index (χ3n) is 1.58. The average molecular weight is 132 g/mol. The second-order valence-corrected chi connectivity index (χ2v) is 2.33. The van der Waals surface area contributed by atoms with Crippen molar-refractivity contribution in [3.05, 3.63) is 0 Å². The Kier molecular flexibility index (Phi) is 2.94. The largest absolute Gasteiger partial charge is 0.314 e. The summed E-state index contributed by atoms with van der Waals surface area (Å²) in [5.41, 5.74) is 0. The second-order valence-electron chi connectivity index (χ2n) is 2.33. The van der Waals surface area contributed by atoms with Gasteiger partial charge in [-0.1, -0.05) is 0 Å². The van der Waals surface area contributed by atoms with E-state index in [0.29, 0.717) is 12.5 Å². The predicted octanol–water partition coefficient (Wildman–Crippen LogP) is -0.0926. The molecule has 1 aliphatic rings. The standard InChI is InChI=1S/C6H13FN2/c7-2-1-6-5-8-3-4-9-6/h6,8-9H,1-5H2. The second kappa shape index (κ2) is 3.80. The molecule has 0 bridgehead atoms. The Bertz CT molecular complexity index is 68.7. The van der Waals surface area contributed by atoms with Gasteiger partial charge in [0.2, 0.25) is 0 Å². The highest BCUT2D eigenvalue weighted by atomic mass is 19.1. The van der Waals surface area contributed by atoms with Crippen LogP contribution in [0.25, 0.3) is 0 Å². The van der Waals surface area contributed by atoms with Crippen molar-refractivity contribution < 1.29 is 4.39 Å². The molecule has 0 aromatic carbocycles. The molecule has 9 heavy (non-hydrogen) atoms. The predicted molar refractivity (Wildman–Crippen MR) is 35.3 cm³/mol. The van der Waals surface area contributed by atoms with Crippen molar-refractivity contribution in [2.24, 2.45) is 0 Å². The van der Waals surface area contributed by atoms with Crippen molar-refractivity contribution in [2.75, 3.05) is 26.3 Å². The fraction of sp³-hybridized carbons (Fsp3) is 1.00. The number of hydrogen-bond donors (Lipinski definition) is 2. The molecule has 1 saturated heterocycles. The average Bonchev–Trinajstić information content (AvgIpc) is 1.91. The molecular formula is C6H13FN2. The van der Waals surface area contributed by atoms with Crippen molar-refractivity contribution in [3.8, 4) is 0 Å². The minimum atomic E-state index is -0.209. The molecule has 1 rings (SSSR count). The van der Waals surface area contributed by atoms with Crippen molar-refractivity contribution in [1.82, 2.24) is 10.6 Å². The highest BCUT2D eigenvalue weighted by molar-refractivity contribution is 4.74. The molecule has 1 unspecified atom stereocenters. The molecule has 1 fully saturated rings. The number of halogens is 1. The number of piperazine rings is 1. The van der Waals surface area contributed by atoms with Gasteiger partial charge in [0.25, 0.3) is 0 Å². The van der Waals surface area contributed by atoms with E-state index in [9.17, 15) is 4.39 Å². The van der Waals surface area contributed by atoms with Crippen LogP contribution in [0.15, 0.2) is 0 Å². The Hall–Kier alpha value is -0.150. The van der Waals surface area contributed by atoms with E-state index in [2.05, 4.69) is 10.6 Å². The topological polar surface area (TPSA) is 24.1 Å². The number of hydrogen-bond acceptors (Lipinski definition) is 2. The van der Waals surface area contributed by atoms with Crippen LogP contribution in [0.2, 0.25) is 0 Å². The van der Waals surface area contributed by atoms with Crippen LogP contribution in [0.1, 0.15) is 6.42 Å². The first-order chi connectivity index (χ1) is 4.43. The third kappa shape index (κ3) is 2.28. The Morgan fingerprint density at radius 3 is 2.89 bits per heavy atom. The Labute approximate surface area is 54.8 Å². The van der Waals surface area contributed by atoms with Gasteiger partial charge in [-0.05, 0) is 6.42 Å². The first-order valence-electron chi connectivity index (χ1n) is 3.43. The highest BCUT2D eigenvalue weighted by Gasteiger charge is 2.09. The van der Waals surface area contributed by atoms with Gasteiger partial charge in [0.05, 0.1) is 6.67 Å². The van der Waals surface area contributed by atoms with Crippen molar-refractivity contribution in [2.45, 2.75) is 12.5 Å². The summed E-state index contributed by atoms with van der Waals surface area (Å²) in [6, 6.07) is 0.365. The number of nitrogens with one attached hydrogen (secondary N) is 2. The van der Waals surface area contributed by atoms with Gasteiger partial charge in [-0.15, -0.1) is 0 Å². The van der Waals surface area contributed by atoms with E-state index in [1.807, 2.05) is 0 Å². The molecule has 0 amide bonds. The maximum absolute atomic E-state index is 11.7. The van der Waals surface area contributed by atoms with Crippen molar-refractivity contribution in [1.29, 1.82) is 0 Å². The molecule has 0 saturated carbocycles. The number of alkyl halides is 1. The van der Waals surface area contributed by atoms with Gasteiger partial charge in [0, 0.05) is 25.7 Å². The van der Waals surface area contributed by atoms with E-state index >= 15 is 0 Å². The summed E-state index contributed by atoms with van der Waals surface area (Å²) in [6.07, 6.45) is 0.646. The molecule has 54 valence electrons. The summed E-state index contributed by atoms with van der Waals surface area (Å²) in [6.45, 7) is 2.71. The van der Waals surface area contributed by atoms with Gasteiger partial charge >= 0.3 is 0 Å². The van der Waals surface area contributed by atoms with Gasteiger partial charge < -0.3 is 10.6 Å².